The number of nitrogen functional groups attached to an aromatic ring is 1. The summed E-state index contributed by atoms with van der Waals surface area (Å²) in [7, 11) is 0. The van der Waals surface area contributed by atoms with Crippen molar-refractivity contribution in [3.63, 3.8) is 0 Å². The molecular weight excluding hydrogens is 330 g/mol. The van der Waals surface area contributed by atoms with Crippen molar-refractivity contribution < 1.29 is 9.90 Å². The van der Waals surface area contributed by atoms with Gasteiger partial charge in [-0.3, -0.25) is 4.79 Å². The van der Waals surface area contributed by atoms with Crippen molar-refractivity contribution in [1.82, 2.24) is 9.97 Å². The van der Waals surface area contributed by atoms with Crippen molar-refractivity contribution in [2.24, 2.45) is 5.73 Å². The number of fused-ring (bicyclic) bond motifs is 2. The lowest BCUT2D eigenvalue weighted by atomic mass is 9.71. The minimum atomic E-state index is -1.15. The Labute approximate surface area is 154 Å². The number of hydrogen-bond donors (Lipinski definition) is 3. The van der Waals surface area contributed by atoms with Crippen LogP contribution in [0.4, 0.5) is 11.8 Å². The van der Waals surface area contributed by atoms with E-state index in [4.69, 9.17) is 16.5 Å². The van der Waals surface area contributed by atoms with Crippen LogP contribution in [0.5, 0.6) is 0 Å². The van der Waals surface area contributed by atoms with Crippen LogP contribution in [-0.4, -0.2) is 39.2 Å². The molecule has 1 saturated carbocycles. The molecule has 7 heteroatoms. The quantitative estimate of drug-likeness (QED) is 0.739. The van der Waals surface area contributed by atoms with E-state index < -0.39 is 11.5 Å². The highest BCUT2D eigenvalue weighted by atomic mass is 16.4. The minimum absolute atomic E-state index is 0.00436. The van der Waals surface area contributed by atoms with Gasteiger partial charge >= 0.3 is 5.97 Å². The number of carboxylic acid groups (broad SMARTS) is 1. The monoisotopic (exact) mass is 359 g/mol. The number of hydrogen-bond acceptors (Lipinski definition) is 6. The molecule has 26 heavy (non-hydrogen) atoms. The lowest BCUT2D eigenvalue weighted by Gasteiger charge is -2.44. The lowest BCUT2D eigenvalue weighted by molar-refractivity contribution is -0.144. The molecule has 1 aromatic rings. The Bertz CT molecular complexity index is 731. The third-order valence-electron chi connectivity index (χ3n) is 6.84. The van der Waals surface area contributed by atoms with E-state index in [1.165, 1.54) is 43.4 Å². The number of nitrogens with two attached hydrogens (primary N) is 2. The molecule has 7 nitrogen and oxygen atoms in total. The topological polar surface area (TPSA) is 118 Å². The van der Waals surface area contributed by atoms with Gasteiger partial charge in [0.2, 0.25) is 5.95 Å². The molecule has 1 aromatic heterocycles. The van der Waals surface area contributed by atoms with Gasteiger partial charge in [-0.2, -0.15) is 4.98 Å². The van der Waals surface area contributed by atoms with Crippen LogP contribution in [0.2, 0.25) is 0 Å². The highest BCUT2D eigenvalue weighted by molar-refractivity contribution is 5.79. The Hall–Kier alpha value is -1.89. The fraction of sp³-hybridized carbons (Fsp3) is 0.737. The van der Waals surface area contributed by atoms with Gasteiger partial charge in [0.25, 0.3) is 0 Å². The Morgan fingerprint density at radius 1 is 1.19 bits per heavy atom. The lowest BCUT2D eigenvalue weighted by Crippen LogP contribution is -2.59. The van der Waals surface area contributed by atoms with Crippen LogP contribution in [0.1, 0.15) is 69.5 Å². The van der Waals surface area contributed by atoms with Gasteiger partial charge in [0, 0.05) is 23.6 Å². The summed E-state index contributed by atoms with van der Waals surface area (Å²) in [5, 5.41) is 9.46. The maximum atomic E-state index is 11.5. The third-order valence-corrected chi connectivity index (χ3v) is 6.84. The zero-order chi connectivity index (χ0) is 18.5. The molecule has 142 valence electrons. The Morgan fingerprint density at radius 2 is 1.88 bits per heavy atom. The van der Waals surface area contributed by atoms with Crippen molar-refractivity contribution in [3.8, 4) is 0 Å². The van der Waals surface area contributed by atoms with E-state index >= 15 is 0 Å². The van der Waals surface area contributed by atoms with Crippen molar-refractivity contribution >= 4 is 17.7 Å². The first kappa shape index (κ1) is 17.5. The number of aromatic nitrogens is 2. The zero-order valence-electron chi connectivity index (χ0n) is 15.5. The van der Waals surface area contributed by atoms with Gasteiger partial charge < -0.3 is 21.5 Å². The van der Waals surface area contributed by atoms with Gasteiger partial charge in [0.15, 0.2) is 0 Å². The number of carbonyl (C=O) groups is 1. The van der Waals surface area contributed by atoms with E-state index in [0.717, 1.165) is 18.7 Å². The number of anilines is 2. The molecule has 2 fully saturated rings. The largest absolute Gasteiger partial charge is 0.480 e. The maximum absolute atomic E-state index is 11.5. The molecule has 3 aliphatic rings. The predicted octanol–water partition coefficient (Wildman–Crippen LogP) is 1.98. The van der Waals surface area contributed by atoms with Crippen LogP contribution in [0.3, 0.4) is 0 Å². The van der Waals surface area contributed by atoms with Gasteiger partial charge in [-0.05, 0) is 51.9 Å². The van der Waals surface area contributed by atoms with E-state index in [1.807, 2.05) is 6.92 Å². The van der Waals surface area contributed by atoms with E-state index in [2.05, 4.69) is 9.88 Å². The standard InChI is InChI=1S/C19H29N5O2/c1-12-11-19(21,16(25)26)9-10-24(12)15-13-5-4-8-18(6-2-3-7-18)14(13)22-17(20)23-15/h12H,2-11,21H2,1H3,(H,25,26)(H2,20,22,23). The number of rotatable bonds is 2. The third kappa shape index (κ3) is 2.64. The van der Waals surface area contributed by atoms with Crippen LogP contribution in [0.15, 0.2) is 0 Å². The van der Waals surface area contributed by atoms with Crippen molar-refractivity contribution in [3.05, 3.63) is 11.3 Å². The van der Waals surface area contributed by atoms with Crippen LogP contribution >= 0.6 is 0 Å². The molecule has 0 amide bonds. The smallest absolute Gasteiger partial charge is 0.323 e. The number of carboxylic acids is 1. The van der Waals surface area contributed by atoms with Gasteiger partial charge in [-0.1, -0.05) is 12.8 Å². The molecule has 2 unspecified atom stereocenters. The van der Waals surface area contributed by atoms with Crippen LogP contribution in [-0.2, 0) is 16.6 Å². The van der Waals surface area contributed by atoms with Crippen molar-refractivity contribution in [1.29, 1.82) is 0 Å². The fourth-order valence-corrected chi connectivity index (χ4v) is 5.44. The molecule has 1 spiro atoms. The molecule has 1 aliphatic heterocycles. The van der Waals surface area contributed by atoms with E-state index in [9.17, 15) is 9.90 Å². The van der Waals surface area contributed by atoms with Crippen LogP contribution in [0, 0.1) is 0 Å². The summed E-state index contributed by atoms with van der Waals surface area (Å²) in [5.41, 5.74) is 13.7. The summed E-state index contributed by atoms with van der Waals surface area (Å²) in [4.78, 5) is 23.1. The van der Waals surface area contributed by atoms with Crippen molar-refractivity contribution in [2.45, 2.75) is 81.7 Å². The van der Waals surface area contributed by atoms with Gasteiger partial charge in [0.1, 0.15) is 11.4 Å². The van der Waals surface area contributed by atoms with Crippen molar-refractivity contribution in [2.75, 3.05) is 17.2 Å². The minimum Gasteiger partial charge on any atom is -0.480 e. The number of nitrogens with zero attached hydrogens (tertiary/aromatic N) is 3. The molecule has 5 N–H and O–H groups in total. The Balaban J connectivity index is 1.72. The first-order valence-corrected chi connectivity index (χ1v) is 9.80. The zero-order valence-corrected chi connectivity index (χ0v) is 15.5. The van der Waals surface area contributed by atoms with E-state index in [-0.39, 0.29) is 11.5 Å². The molecule has 0 aromatic carbocycles. The Kier molecular flexibility index (Phi) is 4.10. The summed E-state index contributed by atoms with van der Waals surface area (Å²) in [6, 6.07) is 0.00436. The summed E-state index contributed by atoms with van der Waals surface area (Å²) >= 11 is 0. The van der Waals surface area contributed by atoms with Gasteiger partial charge in [0.05, 0.1) is 5.69 Å². The molecule has 2 aliphatic carbocycles. The second kappa shape index (κ2) is 6.08. The molecular formula is C19H29N5O2. The first-order valence-electron chi connectivity index (χ1n) is 9.80. The number of aliphatic carboxylic acids is 1. The SMILES string of the molecule is CC1CC(N)(C(=O)O)CCN1c1nc(N)nc2c1CCCC21CCCC1. The fourth-order valence-electron chi connectivity index (χ4n) is 5.44. The predicted molar refractivity (Wildman–Crippen MR) is 100 cm³/mol. The molecule has 0 bridgehead atoms. The van der Waals surface area contributed by atoms with Crippen LogP contribution < -0.4 is 16.4 Å². The van der Waals surface area contributed by atoms with Crippen LogP contribution in [0.25, 0.3) is 0 Å². The van der Waals surface area contributed by atoms with Gasteiger partial charge in [-0.25, -0.2) is 4.98 Å². The molecule has 2 heterocycles. The molecule has 4 rings (SSSR count). The highest BCUT2D eigenvalue weighted by Crippen LogP contribution is 2.50. The normalized spacial score (nSPS) is 30.4. The summed E-state index contributed by atoms with van der Waals surface area (Å²) in [5.74, 6) is 0.332. The first-order chi connectivity index (χ1) is 12.3. The second-order valence-electron chi connectivity index (χ2n) is 8.53. The van der Waals surface area contributed by atoms with E-state index in [0.29, 0.717) is 25.3 Å². The maximum Gasteiger partial charge on any atom is 0.323 e. The average molecular weight is 359 g/mol. The molecule has 2 atom stereocenters. The Morgan fingerprint density at radius 3 is 2.54 bits per heavy atom. The summed E-state index contributed by atoms with van der Waals surface area (Å²) in [6.45, 7) is 2.61. The van der Waals surface area contributed by atoms with Gasteiger partial charge in [-0.15, -0.1) is 0 Å². The average Bonchev–Trinajstić information content (AvgIpc) is 3.04. The molecule has 0 radical (unpaired) electrons. The second-order valence-corrected chi connectivity index (χ2v) is 8.53. The summed E-state index contributed by atoms with van der Waals surface area (Å²) < 4.78 is 0. The molecule has 1 saturated heterocycles. The number of piperidine rings is 1. The summed E-state index contributed by atoms with van der Waals surface area (Å²) in [6.07, 6.45) is 9.04. The highest BCUT2D eigenvalue weighted by Gasteiger charge is 2.45. The van der Waals surface area contributed by atoms with E-state index in [1.54, 1.807) is 0 Å².